The van der Waals surface area contributed by atoms with Gasteiger partial charge in [0, 0.05) is 10.6 Å². The Morgan fingerprint density at radius 3 is 2.90 bits per heavy atom. The van der Waals surface area contributed by atoms with E-state index < -0.39 is 11.7 Å². The van der Waals surface area contributed by atoms with E-state index in [1.165, 1.54) is 28.3 Å². The number of carbonyl (C=O) groups is 1. The van der Waals surface area contributed by atoms with Crippen LogP contribution in [0.4, 0.5) is 15.2 Å². The number of nitrogens with two attached hydrogens (primary N) is 1. The van der Waals surface area contributed by atoms with Crippen molar-refractivity contribution in [1.82, 2.24) is 4.98 Å². The Morgan fingerprint density at radius 2 is 2.15 bits per heavy atom. The molecule has 0 saturated carbocycles. The Bertz CT molecular complexity index is 645. The molecule has 0 radical (unpaired) electrons. The van der Waals surface area contributed by atoms with Crippen LogP contribution in [0.3, 0.4) is 0 Å². The second-order valence-corrected chi connectivity index (χ2v) is 5.87. The molecule has 1 amide bonds. The van der Waals surface area contributed by atoms with Gasteiger partial charge in [-0.3, -0.25) is 10.1 Å². The van der Waals surface area contributed by atoms with Gasteiger partial charge in [0.15, 0.2) is 5.13 Å². The molecule has 2 aromatic rings. The maximum absolute atomic E-state index is 13.7. The van der Waals surface area contributed by atoms with E-state index in [0.717, 1.165) is 37.4 Å². The summed E-state index contributed by atoms with van der Waals surface area (Å²) in [6.45, 7) is 0. The minimum absolute atomic E-state index is 0.0210. The minimum Gasteiger partial charge on any atom is -0.399 e. The highest BCUT2D eigenvalue weighted by molar-refractivity contribution is 7.15. The largest absolute Gasteiger partial charge is 0.399 e. The second-order valence-electron chi connectivity index (χ2n) is 4.79. The smallest absolute Gasteiger partial charge is 0.260 e. The van der Waals surface area contributed by atoms with Crippen molar-refractivity contribution in [2.24, 2.45) is 0 Å². The first-order valence-electron chi connectivity index (χ1n) is 6.48. The van der Waals surface area contributed by atoms with E-state index in [1.54, 1.807) is 0 Å². The van der Waals surface area contributed by atoms with Crippen LogP contribution in [0.15, 0.2) is 18.2 Å². The highest BCUT2D eigenvalue weighted by atomic mass is 32.1. The third-order valence-corrected chi connectivity index (χ3v) is 4.38. The van der Waals surface area contributed by atoms with Gasteiger partial charge in [-0.2, -0.15) is 0 Å². The van der Waals surface area contributed by atoms with Crippen LogP contribution in [0.2, 0.25) is 0 Å². The minimum atomic E-state index is -0.621. The summed E-state index contributed by atoms with van der Waals surface area (Å²) >= 11 is 1.48. The molecule has 0 unspecified atom stereocenters. The molecule has 0 atom stereocenters. The van der Waals surface area contributed by atoms with Crippen LogP contribution in [0, 0.1) is 5.82 Å². The summed E-state index contributed by atoms with van der Waals surface area (Å²) in [5.41, 5.74) is 6.80. The van der Waals surface area contributed by atoms with Crippen molar-refractivity contribution < 1.29 is 9.18 Å². The van der Waals surface area contributed by atoms with Crippen molar-refractivity contribution >= 4 is 28.1 Å². The summed E-state index contributed by atoms with van der Waals surface area (Å²) in [6, 6.07) is 4.03. The molecule has 0 saturated heterocycles. The number of aromatic nitrogens is 1. The summed E-state index contributed by atoms with van der Waals surface area (Å²) < 4.78 is 13.7. The van der Waals surface area contributed by atoms with E-state index in [1.807, 2.05) is 0 Å². The Labute approximate surface area is 119 Å². The zero-order valence-corrected chi connectivity index (χ0v) is 11.6. The molecular weight excluding hydrogens is 277 g/mol. The maximum atomic E-state index is 13.7. The summed E-state index contributed by atoms with van der Waals surface area (Å²) in [4.78, 5) is 17.7. The highest BCUT2D eigenvalue weighted by Gasteiger charge is 2.18. The van der Waals surface area contributed by atoms with Crippen molar-refractivity contribution in [3.63, 3.8) is 0 Å². The number of hydrogen-bond donors (Lipinski definition) is 2. The number of fused-ring (bicyclic) bond motifs is 1. The number of nitrogens with zero attached hydrogens (tertiary/aromatic N) is 1. The lowest BCUT2D eigenvalue weighted by molar-refractivity contribution is 0.102. The monoisotopic (exact) mass is 291 g/mol. The molecule has 0 aliphatic heterocycles. The molecular formula is C14H14FN3OS. The predicted molar refractivity (Wildman–Crippen MR) is 77.5 cm³/mol. The number of thiazole rings is 1. The Balaban J connectivity index is 1.80. The number of amides is 1. The number of nitrogen functional groups attached to an aromatic ring is 1. The number of benzene rings is 1. The molecule has 3 N–H and O–H groups in total. The lowest BCUT2D eigenvalue weighted by atomic mass is 10.0. The average molecular weight is 291 g/mol. The lowest BCUT2D eigenvalue weighted by Gasteiger charge is -2.06. The number of nitrogens with one attached hydrogen (secondary N) is 1. The Hall–Kier alpha value is -1.95. The summed E-state index contributed by atoms with van der Waals surface area (Å²) in [7, 11) is 0. The van der Waals surface area contributed by atoms with Crippen LogP contribution in [-0.2, 0) is 12.8 Å². The summed E-state index contributed by atoms with van der Waals surface area (Å²) in [5.74, 6) is -1.11. The van der Waals surface area contributed by atoms with Gasteiger partial charge in [0.05, 0.1) is 11.3 Å². The summed E-state index contributed by atoms with van der Waals surface area (Å²) in [6.07, 6.45) is 4.27. The van der Waals surface area contributed by atoms with Crippen molar-refractivity contribution in [3.8, 4) is 0 Å². The van der Waals surface area contributed by atoms with Crippen molar-refractivity contribution in [2.45, 2.75) is 25.7 Å². The molecule has 0 bridgehead atoms. The summed E-state index contributed by atoms with van der Waals surface area (Å²) in [5, 5.41) is 3.20. The Kier molecular flexibility index (Phi) is 3.40. The van der Waals surface area contributed by atoms with Gasteiger partial charge in [-0.1, -0.05) is 0 Å². The number of halogens is 1. The highest BCUT2D eigenvalue weighted by Crippen LogP contribution is 2.29. The van der Waals surface area contributed by atoms with Crippen LogP contribution in [0.5, 0.6) is 0 Å². The first kappa shape index (κ1) is 13.1. The predicted octanol–water partition coefficient (Wildman–Crippen LogP) is 3.00. The van der Waals surface area contributed by atoms with Crippen LogP contribution in [0.1, 0.15) is 33.8 Å². The molecule has 104 valence electrons. The van der Waals surface area contributed by atoms with E-state index in [9.17, 15) is 9.18 Å². The van der Waals surface area contributed by atoms with E-state index in [0.29, 0.717) is 10.8 Å². The molecule has 3 rings (SSSR count). The molecule has 1 aliphatic rings. The standard InChI is InChI=1S/C14H14FN3OS/c15-10-7-8(16)5-6-9(10)13(19)18-14-17-11-3-1-2-4-12(11)20-14/h5-7H,1-4,16H2,(H,17,18,19). The average Bonchev–Trinajstić information content (AvgIpc) is 2.80. The lowest BCUT2D eigenvalue weighted by Crippen LogP contribution is -2.13. The van der Waals surface area contributed by atoms with Crippen molar-refractivity contribution in [1.29, 1.82) is 0 Å². The first-order chi connectivity index (χ1) is 9.63. The Morgan fingerprint density at radius 1 is 1.35 bits per heavy atom. The number of carbonyl (C=O) groups excluding carboxylic acids is 1. The zero-order chi connectivity index (χ0) is 14.1. The van der Waals surface area contributed by atoms with Gasteiger partial charge in [0.1, 0.15) is 5.82 Å². The molecule has 1 aliphatic carbocycles. The fourth-order valence-electron chi connectivity index (χ4n) is 2.29. The molecule has 20 heavy (non-hydrogen) atoms. The maximum Gasteiger partial charge on any atom is 0.260 e. The quantitative estimate of drug-likeness (QED) is 0.836. The van der Waals surface area contributed by atoms with Crippen LogP contribution in [0.25, 0.3) is 0 Å². The normalized spacial score (nSPS) is 13.8. The number of hydrogen-bond acceptors (Lipinski definition) is 4. The molecule has 4 nitrogen and oxygen atoms in total. The fourth-order valence-corrected chi connectivity index (χ4v) is 3.33. The van der Waals surface area contributed by atoms with Gasteiger partial charge < -0.3 is 5.73 Å². The molecule has 0 spiro atoms. The first-order valence-corrected chi connectivity index (χ1v) is 7.30. The molecule has 1 aromatic carbocycles. The SMILES string of the molecule is Nc1ccc(C(=O)Nc2nc3c(s2)CCCC3)c(F)c1. The number of anilines is 2. The fraction of sp³-hybridized carbons (Fsp3) is 0.286. The molecule has 0 fully saturated rings. The van der Waals surface area contributed by atoms with E-state index in [-0.39, 0.29) is 5.56 Å². The van der Waals surface area contributed by atoms with E-state index in [2.05, 4.69) is 10.3 Å². The molecule has 6 heteroatoms. The van der Waals surface area contributed by atoms with Gasteiger partial charge >= 0.3 is 0 Å². The third-order valence-electron chi connectivity index (χ3n) is 3.30. The van der Waals surface area contributed by atoms with Gasteiger partial charge in [0.2, 0.25) is 0 Å². The number of rotatable bonds is 2. The van der Waals surface area contributed by atoms with Crippen LogP contribution in [-0.4, -0.2) is 10.9 Å². The van der Waals surface area contributed by atoms with Gasteiger partial charge in [-0.25, -0.2) is 9.37 Å². The zero-order valence-electron chi connectivity index (χ0n) is 10.8. The van der Waals surface area contributed by atoms with Crippen molar-refractivity contribution in [2.75, 3.05) is 11.1 Å². The van der Waals surface area contributed by atoms with E-state index in [4.69, 9.17) is 5.73 Å². The number of aryl methyl sites for hydroxylation is 2. The van der Waals surface area contributed by atoms with Crippen LogP contribution < -0.4 is 11.1 Å². The van der Waals surface area contributed by atoms with Crippen molar-refractivity contribution in [3.05, 3.63) is 40.2 Å². The van der Waals surface area contributed by atoms with Gasteiger partial charge in [-0.15, -0.1) is 11.3 Å². The topological polar surface area (TPSA) is 68.0 Å². The van der Waals surface area contributed by atoms with Gasteiger partial charge in [-0.05, 0) is 43.9 Å². The van der Waals surface area contributed by atoms with E-state index >= 15 is 0 Å². The molecule has 1 heterocycles. The second kappa shape index (κ2) is 5.20. The molecule has 1 aromatic heterocycles. The van der Waals surface area contributed by atoms with Gasteiger partial charge in [0.25, 0.3) is 5.91 Å². The third kappa shape index (κ3) is 2.51. The van der Waals surface area contributed by atoms with Crippen LogP contribution >= 0.6 is 11.3 Å².